The van der Waals surface area contributed by atoms with E-state index in [1.54, 1.807) is 0 Å². The first-order valence-electron chi connectivity index (χ1n) is 9.52. The number of nitrogens with one attached hydrogen (secondary N) is 1. The van der Waals surface area contributed by atoms with E-state index in [-0.39, 0.29) is 11.9 Å². The molecule has 3 aromatic rings. The number of ether oxygens (including phenoxy) is 2. The smallest absolute Gasteiger partial charge is 0.224 e. The summed E-state index contributed by atoms with van der Waals surface area (Å²) in [6.45, 7) is 3.10. The summed E-state index contributed by atoms with van der Waals surface area (Å²) in [5.74, 6) is 1.49. The van der Waals surface area contributed by atoms with Crippen LogP contribution in [0.3, 0.4) is 0 Å². The maximum atomic E-state index is 12.5. The highest BCUT2D eigenvalue weighted by Gasteiger charge is 2.16. The largest absolute Gasteiger partial charge is 0.486 e. The second-order valence-electron chi connectivity index (χ2n) is 6.93. The summed E-state index contributed by atoms with van der Waals surface area (Å²) in [6.07, 6.45) is 0.351. The summed E-state index contributed by atoms with van der Waals surface area (Å²) in [5.41, 5.74) is 4.31. The second-order valence-corrected chi connectivity index (χ2v) is 6.93. The molecule has 0 bridgehead atoms. The Bertz CT molecular complexity index is 951. The zero-order valence-corrected chi connectivity index (χ0v) is 15.9. The minimum atomic E-state index is -0.105. The Balaban J connectivity index is 1.37. The van der Waals surface area contributed by atoms with Gasteiger partial charge in [-0.1, -0.05) is 60.7 Å². The van der Waals surface area contributed by atoms with Crippen molar-refractivity contribution in [3.8, 4) is 22.6 Å². The molecule has 0 aliphatic carbocycles. The van der Waals surface area contributed by atoms with Crippen LogP contribution in [0.15, 0.2) is 72.8 Å². The third-order valence-electron chi connectivity index (χ3n) is 4.87. The standard InChI is InChI=1S/C24H23NO3/c1-17(21-11-12-22-23(16-21)28-14-13-27-22)25-24(26)15-18-7-9-20(10-8-18)19-5-3-2-4-6-19/h2-12,16-17H,13-15H2,1H3,(H,25,26)/t17-/m1/s1. The zero-order chi connectivity index (χ0) is 19.3. The van der Waals surface area contributed by atoms with Gasteiger partial charge in [0.25, 0.3) is 0 Å². The van der Waals surface area contributed by atoms with E-state index in [1.807, 2.05) is 55.5 Å². The molecule has 0 saturated carbocycles. The van der Waals surface area contributed by atoms with Crippen LogP contribution in [0.4, 0.5) is 0 Å². The molecule has 0 fully saturated rings. The van der Waals surface area contributed by atoms with Gasteiger partial charge in [0.05, 0.1) is 12.5 Å². The van der Waals surface area contributed by atoms with E-state index in [9.17, 15) is 4.79 Å². The third kappa shape index (κ3) is 4.17. The molecule has 1 atom stereocenters. The van der Waals surface area contributed by atoms with E-state index in [2.05, 4.69) is 29.6 Å². The van der Waals surface area contributed by atoms with Crippen molar-refractivity contribution in [2.24, 2.45) is 0 Å². The summed E-state index contributed by atoms with van der Waals surface area (Å²) < 4.78 is 11.2. The Hall–Kier alpha value is -3.27. The molecule has 1 heterocycles. The van der Waals surface area contributed by atoms with Gasteiger partial charge in [0.2, 0.25) is 5.91 Å². The van der Waals surface area contributed by atoms with E-state index >= 15 is 0 Å². The summed E-state index contributed by atoms with van der Waals surface area (Å²) in [4.78, 5) is 12.5. The van der Waals surface area contributed by atoms with Crippen molar-refractivity contribution < 1.29 is 14.3 Å². The van der Waals surface area contributed by atoms with Crippen LogP contribution in [0.2, 0.25) is 0 Å². The van der Waals surface area contributed by atoms with Gasteiger partial charge in [0.15, 0.2) is 11.5 Å². The van der Waals surface area contributed by atoms with Crippen molar-refractivity contribution in [1.82, 2.24) is 5.32 Å². The Kier molecular flexibility index (Phi) is 5.29. The molecular formula is C24H23NO3. The normalized spacial score (nSPS) is 13.6. The Morgan fingerprint density at radius 2 is 1.57 bits per heavy atom. The highest BCUT2D eigenvalue weighted by molar-refractivity contribution is 5.79. The van der Waals surface area contributed by atoms with Crippen molar-refractivity contribution in [2.75, 3.05) is 13.2 Å². The number of hydrogen-bond acceptors (Lipinski definition) is 3. The van der Waals surface area contributed by atoms with Crippen LogP contribution in [0, 0.1) is 0 Å². The second kappa shape index (κ2) is 8.17. The fourth-order valence-corrected chi connectivity index (χ4v) is 3.34. The lowest BCUT2D eigenvalue weighted by molar-refractivity contribution is -0.121. The van der Waals surface area contributed by atoms with Crippen LogP contribution < -0.4 is 14.8 Å². The average Bonchev–Trinajstić information content (AvgIpc) is 2.74. The molecule has 4 heteroatoms. The topological polar surface area (TPSA) is 47.6 Å². The molecule has 142 valence electrons. The lowest BCUT2D eigenvalue weighted by atomic mass is 10.0. The lowest BCUT2D eigenvalue weighted by Gasteiger charge is -2.21. The van der Waals surface area contributed by atoms with E-state index in [1.165, 1.54) is 5.56 Å². The van der Waals surface area contributed by atoms with E-state index in [0.29, 0.717) is 19.6 Å². The van der Waals surface area contributed by atoms with Crippen LogP contribution in [-0.4, -0.2) is 19.1 Å². The van der Waals surface area contributed by atoms with Gasteiger partial charge < -0.3 is 14.8 Å². The highest BCUT2D eigenvalue weighted by Crippen LogP contribution is 2.32. The third-order valence-corrected chi connectivity index (χ3v) is 4.87. The number of fused-ring (bicyclic) bond motifs is 1. The Morgan fingerprint density at radius 1 is 0.893 bits per heavy atom. The average molecular weight is 373 g/mol. The minimum absolute atomic E-state index is 0.00477. The molecule has 0 radical (unpaired) electrons. The summed E-state index contributed by atoms with van der Waals surface area (Å²) >= 11 is 0. The van der Waals surface area contributed by atoms with Crippen molar-refractivity contribution in [3.63, 3.8) is 0 Å². The molecule has 1 N–H and O–H groups in total. The van der Waals surface area contributed by atoms with Gasteiger partial charge in [-0.2, -0.15) is 0 Å². The minimum Gasteiger partial charge on any atom is -0.486 e. The Labute approximate surface area is 165 Å². The van der Waals surface area contributed by atoms with E-state index in [0.717, 1.165) is 28.2 Å². The van der Waals surface area contributed by atoms with Crippen LogP contribution in [-0.2, 0) is 11.2 Å². The van der Waals surface area contributed by atoms with Crippen molar-refractivity contribution in [2.45, 2.75) is 19.4 Å². The molecule has 0 saturated heterocycles. The maximum absolute atomic E-state index is 12.5. The van der Waals surface area contributed by atoms with Gasteiger partial charge in [-0.25, -0.2) is 0 Å². The number of carbonyl (C=O) groups is 1. The van der Waals surface area contributed by atoms with E-state index in [4.69, 9.17) is 9.47 Å². The van der Waals surface area contributed by atoms with Crippen LogP contribution in [0.1, 0.15) is 24.1 Å². The molecule has 1 amide bonds. The van der Waals surface area contributed by atoms with Crippen molar-refractivity contribution >= 4 is 5.91 Å². The number of rotatable bonds is 5. The molecule has 4 nitrogen and oxygen atoms in total. The SMILES string of the molecule is C[C@@H](NC(=O)Cc1ccc(-c2ccccc2)cc1)c1ccc2c(c1)OCCO2. The first-order chi connectivity index (χ1) is 13.7. The van der Waals surface area contributed by atoms with Gasteiger partial charge in [0, 0.05) is 0 Å². The number of hydrogen-bond donors (Lipinski definition) is 1. The quantitative estimate of drug-likeness (QED) is 0.714. The van der Waals surface area contributed by atoms with Crippen LogP contribution in [0.5, 0.6) is 11.5 Å². The highest BCUT2D eigenvalue weighted by atomic mass is 16.6. The summed E-state index contributed by atoms with van der Waals surface area (Å²) in [5, 5.41) is 3.06. The number of carbonyl (C=O) groups excluding carboxylic acids is 1. The first-order valence-corrected chi connectivity index (χ1v) is 9.52. The molecule has 4 rings (SSSR count). The van der Waals surface area contributed by atoms with Gasteiger partial charge in [-0.05, 0) is 41.3 Å². The van der Waals surface area contributed by atoms with Gasteiger partial charge in [-0.15, -0.1) is 0 Å². The number of benzene rings is 3. The fourth-order valence-electron chi connectivity index (χ4n) is 3.34. The molecule has 1 aliphatic rings. The molecule has 28 heavy (non-hydrogen) atoms. The first kappa shape index (κ1) is 18.1. The van der Waals surface area contributed by atoms with Crippen molar-refractivity contribution in [1.29, 1.82) is 0 Å². The van der Waals surface area contributed by atoms with Crippen molar-refractivity contribution in [3.05, 3.63) is 83.9 Å². The molecule has 0 spiro atoms. The molecule has 0 aromatic heterocycles. The molecule has 1 aliphatic heterocycles. The number of amides is 1. The monoisotopic (exact) mass is 373 g/mol. The van der Waals surface area contributed by atoms with Crippen LogP contribution in [0.25, 0.3) is 11.1 Å². The van der Waals surface area contributed by atoms with Crippen LogP contribution >= 0.6 is 0 Å². The molecule has 0 unspecified atom stereocenters. The summed E-state index contributed by atoms with van der Waals surface area (Å²) in [6, 6.07) is 24.0. The molecular weight excluding hydrogens is 350 g/mol. The lowest BCUT2D eigenvalue weighted by Crippen LogP contribution is -2.28. The predicted octanol–water partition coefficient (Wildman–Crippen LogP) is 4.54. The predicted molar refractivity (Wildman–Crippen MR) is 110 cm³/mol. The van der Waals surface area contributed by atoms with Gasteiger partial charge in [-0.3, -0.25) is 4.79 Å². The zero-order valence-electron chi connectivity index (χ0n) is 15.9. The molecule has 3 aromatic carbocycles. The summed E-state index contributed by atoms with van der Waals surface area (Å²) in [7, 11) is 0. The fraction of sp³-hybridized carbons (Fsp3) is 0.208. The van der Waals surface area contributed by atoms with Gasteiger partial charge in [0.1, 0.15) is 13.2 Å². The maximum Gasteiger partial charge on any atom is 0.224 e. The van der Waals surface area contributed by atoms with Gasteiger partial charge >= 0.3 is 0 Å². The Morgan fingerprint density at radius 3 is 2.32 bits per heavy atom. The van der Waals surface area contributed by atoms with E-state index < -0.39 is 0 Å².